The van der Waals surface area contributed by atoms with E-state index < -0.39 is 50.6 Å². The zero-order valence-corrected chi connectivity index (χ0v) is 34.4. The molecule has 1 fully saturated rings. The molecule has 1 aliphatic rings. The third-order valence-electron chi connectivity index (χ3n) is 9.97. The third-order valence-corrected chi connectivity index (χ3v) is 11.4. The second kappa shape index (κ2) is 22.4. The molecule has 11 nitrogen and oxygen atoms in total. The van der Waals surface area contributed by atoms with Crippen LogP contribution in [0.1, 0.15) is 33.4 Å². The molecule has 12 heteroatoms. The molecular weight excluding hydrogens is 796 g/mol. The standard InChI is InChI=1S/C49H49O11P/c50-43-44(53-31-37-19-7-1-8-20-37)47(59-49(51)56-34-40-25-13-4-14-26-40)46(55-33-39-23-11-3-12-24-39)48(45(43)54-32-38-21-9-2-10-22-38)60-61(52,57-35-41-27-15-5-16-28-41)58-36-42-29-17-6-18-30-42/h1-30,43-48,50H,31-36H2/t43-,44-,45+,46+,47+,48-/m0/s1. The van der Waals surface area contributed by atoms with E-state index in [-0.39, 0.29) is 39.6 Å². The molecule has 316 valence electrons. The largest absolute Gasteiger partial charge is 0.509 e. The first-order chi connectivity index (χ1) is 29.9. The van der Waals surface area contributed by atoms with Crippen molar-refractivity contribution in [1.29, 1.82) is 0 Å². The van der Waals surface area contributed by atoms with E-state index in [2.05, 4.69) is 0 Å². The summed E-state index contributed by atoms with van der Waals surface area (Å²) in [5.41, 5.74) is 4.54. The SMILES string of the molecule is O=C(OCc1ccccc1)O[C@H]1[C@@H](OCc2ccccc2)[C@@H](OP(=O)(OCc2ccccc2)OCc2ccccc2)[C@H](OCc2ccccc2)[C@@H](O)[C@@H]1OCc1ccccc1. The molecule has 0 radical (unpaired) electrons. The van der Waals surface area contributed by atoms with E-state index in [0.29, 0.717) is 11.1 Å². The molecular formula is C49H49O11P. The van der Waals surface area contributed by atoms with Crippen LogP contribution in [0.25, 0.3) is 0 Å². The van der Waals surface area contributed by atoms with Gasteiger partial charge in [0.25, 0.3) is 0 Å². The first-order valence-electron chi connectivity index (χ1n) is 20.1. The molecule has 1 saturated carbocycles. The normalized spacial score (nSPS) is 20.1. The summed E-state index contributed by atoms with van der Waals surface area (Å²) in [6, 6.07) is 55.6. The van der Waals surface area contributed by atoms with Crippen LogP contribution < -0.4 is 0 Å². The minimum Gasteiger partial charge on any atom is -0.429 e. The molecule has 7 rings (SSSR count). The van der Waals surface area contributed by atoms with Crippen molar-refractivity contribution >= 4 is 14.0 Å². The topological polar surface area (TPSA) is 128 Å². The summed E-state index contributed by atoms with van der Waals surface area (Å²) in [4.78, 5) is 13.7. The second-order valence-electron chi connectivity index (χ2n) is 14.4. The van der Waals surface area contributed by atoms with Gasteiger partial charge in [0.15, 0.2) is 6.10 Å². The van der Waals surface area contributed by atoms with Crippen LogP contribution in [-0.4, -0.2) is 47.9 Å². The van der Waals surface area contributed by atoms with Gasteiger partial charge in [0.2, 0.25) is 0 Å². The molecule has 6 aromatic rings. The Bertz CT molecular complexity index is 2170. The molecule has 1 aliphatic carbocycles. The van der Waals surface area contributed by atoms with Crippen LogP contribution in [0.2, 0.25) is 0 Å². The van der Waals surface area contributed by atoms with Crippen LogP contribution in [0.5, 0.6) is 0 Å². The molecule has 61 heavy (non-hydrogen) atoms. The van der Waals surface area contributed by atoms with E-state index in [1.165, 1.54) is 0 Å². The summed E-state index contributed by atoms with van der Waals surface area (Å²) in [5, 5.41) is 12.5. The van der Waals surface area contributed by atoms with Gasteiger partial charge in [0, 0.05) is 0 Å². The Morgan fingerprint density at radius 2 is 0.721 bits per heavy atom. The predicted molar refractivity (Wildman–Crippen MR) is 228 cm³/mol. The summed E-state index contributed by atoms with van der Waals surface area (Å²) in [5.74, 6) is 0. The minimum atomic E-state index is -4.59. The Morgan fingerprint density at radius 3 is 1.10 bits per heavy atom. The van der Waals surface area contributed by atoms with Gasteiger partial charge in [0.1, 0.15) is 37.1 Å². The molecule has 0 unspecified atom stereocenters. The van der Waals surface area contributed by atoms with Gasteiger partial charge in [0.05, 0.1) is 33.0 Å². The number of hydrogen-bond acceptors (Lipinski definition) is 11. The Labute approximate surface area is 356 Å². The summed E-state index contributed by atoms with van der Waals surface area (Å²) >= 11 is 0. The van der Waals surface area contributed by atoms with E-state index in [0.717, 1.165) is 22.3 Å². The highest BCUT2D eigenvalue weighted by atomic mass is 31.2. The quantitative estimate of drug-likeness (QED) is 0.0583. The molecule has 1 N–H and O–H groups in total. The molecule has 0 bridgehead atoms. The molecule has 6 atom stereocenters. The lowest BCUT2D eigenvalue weighted by Gasteiger charge is -2.47. The van der Waals surface area contributed by atoms with Crippen molar-refractivity contribution in [2.45, 2.75) is 76.3 Å². The highest BCUT2D eigenvalue weighted by molar-refractivity contribution is 7.48. The number of benzene rings is 6. The summed E-state index contributed by atoms with van der Waals surface area (Å²) < 4.78 is 65.3. The lowest BCUT2D eigenvalue weighted by atomic mass is 9.84. The average molecular weight is 845 g/mol. The Kier molecular flexibility index (Phi) is 16.0. The summed E-state index contributed by atoms with van der Waals surface area (Å²) in [6.07, 6.45) is -9.29. The Hall–Kier alpha value is -5.46. The van der Waals surface area contributed by atoms with Crippen molar-refractivity contribution < 1.29 is 51.7 Å². The van der Waals surface area contributed by atoms with Crippen LogP contribution in [0.4, 0.5) is 4.79 Å². The minimum absolute atomic E-state index is 0.00274. The van der Waals surface area contributed by atoms with Gasteiger partial charge in [-0.2, -0.15) is 0 Å². The number of phosphoric ester groups is 1. The molecule has 0 saturated heterocycles. The highest BCUT2D eigenvalue weighted by Crippen LogP contribution is 2.54. The highest BCUT2D eigenvalue weighted by Gasteiger charge is 2.57. The number of carbonyl (C=O) groups is 1. The van der Waals surface area contributed by atoms with Crippen LogP contribution in [-0.2, 0) is 81.5 Å². The van der Waals surface area contributed by atoms with Crippen molar-refractivity contribution in [3.05, 3.63) is 215 Å². The number of phosphoric acid groups is 1. The average Bonchev–Trinajstić information content (AvgIpc) is 3.31. The number of aliphatic hydroxyl groups is 1. The van der Waals surface area contributed by atoms with Crippen molar-refractivity contribution in [2.24, 2.45) is 0 Å². The van der Waals surface area contributed by atoms with E-state index in [4.69, 9.17) is 37.3 Å². The molecule has 0 amide bonds. The molecule has 0 spiro atoms. The van der Waals surface area contributed by atoms with E-state index in [1.807, 2.05) is 182 Å². The zero-order chi connectivity index (χ0) is 42.1. The van der Waals surface area contributed by atoms with Gasteiger partial charge in [-0.25, -0.2) is 9.36 Å². The van der Waals surface area contributed by atoms with Crippen LogP contribution in [0, 0.1) is 0 Å². The van der Waals surface area contributed by atoms with Crippen LogP contribution >= 0.6 is 7.82 Å². The van der Waals surface area contributed by atoms with Crippen molar-refractivity contribution in [2.75, 3.05) is 0 Å². The smallest absolute Gasteiger partial charge is 0.429 e. The lowest BCUT2D eigenvalue weighted by Crippen LogP contribution is -2.67. The maximum Gasteiger partial charge on any atom is 0.509 e. The van der Waals surface area contributed by atoms with Gasteiger partial charge in [-0.15, -0.1) is 0 Å². The molecule has 0 aromatic heterocycles. The fourth-order valence-corrected chi connectivity index (χ4v) is 8.18. The summed E-state index contributed by atoms with van der Waals surface area (Å²) in [6.45, 7) is -0.313. The second-order valence-corrected chi connectivity index (χ2v) is 16.0. The number of hydrogen-bond donors (Lipinski definition) is 1. The molecule has 0 heterocycles. The van der Waals surface area contributed by atoms with Crippen molar-refractivity contribution in [3.63, 3.8) is 0 Å². The van der Waals surface area contributed by atoms with Gasteiger partial charge >= 0.3 is 14.0 Å². The Balaban J connectivity index is 1.28. The van der Waals surface area contributed by atoms with Crippen LogP contribution in [0.3, 0.4) is 0 Å². The first-order valence-corrected chi connectivity index (χ1v) is 21.6. The van der Waals surface area contributed by atoms with Gasteiger partial charge < -0.3 is 28.8 Å². The lowest BCUT2D eigenvalue weighted by molar-refractivity contribution is -0.261. The fourth-order valence-electron chi connectivity index (χ4n) is 6.83. The van der Waals surface area contributed by atoms with Gasteiger partial charge in [-0.05, 0) is 33.4 Å². The number of ether oxygens (including phenoxy) is 5. The fraction of sp³-hybridized carbons (Fsp3) is 0.245. The summed E-state index contributed by atoms with van der Waals surface area (Å²) in [7, 11) is -4.59. The third kappa shape index (κ3) is 13.0. The number of aliphatic hydroxyl groups excluding tert-OH is 1. The monoisotopic (exact) mass is 844 g/mol. The first kappa shape index (κ1) is 43.6. The molecule has 6 aromatic carbocycles. The maximum atomic E-state index is 15.1. The predicted octanol–water partition coefficient (Wildman–Crippen LogP) is 9.77. The number of carbonyl (C=O) groups excluding carboxylic acids is 1. The zero-order valence-electron chi connectivity index (χ0n) is 33.5. The van der Waals surface area contributed by atoms with Gasteiger partial charge in [-0.3, -0.25) is 13.6 Å². The Morgan fingerprint density at radius 1 is 0.410 bits per heavy atom. The van der Waals surface area contributed by atoms with Crippen molar-refractivity contribution in [1.82, 2.24) is 0 Å². The number of rotatable bonds is 20. The van der Waals surface area contributed by atoms with E-state index in [1.54, 1.807) is 0 Å². The van der Waals surface area contributed by atoms with E-state index >= 15 is 4.57 Å². The van der Waals surface area contributed by atoms with E-state index in [9.17, 15) is 9.90 Å². The molecule has 0 aliphatic heterocycles. The van der Waals surface area contributed by atoms with Crippen molar-refractivity contribution in [3.8, 4) is 0 Å². The van der Waals surface area contributed by atoms with Gasteiger partial charge in [-0.1, -0.05) is 182 Å². The maximum absolute atomic E-state index is 15.1. The van der Waals surface area contributed by atoms with Crippen LogP contribution in [0.15, 0.2) is 182 Å².